The number of hydrogen-bond acceptors (Lipinski definition) is 4. The first-order chi connectivity index (χ1) is 8.79. The number of amides is 1. The van der Waals surface area contributed by atoms with Gasteiger partial charge >= 0.3 is 0 Å². The van der Waals surface area contributed by atoms with Gasteiger partial charge in [-0.15, -0.1) is 0 Å². The smallest absolute Gasteiger partial charge is 0.235 e. The van der Waals surface area contributed by atoms with Gasteiger partial charge in [0.05, 0.1) is 7.11 Å². The average molecular weight is 265 g/mol. The van der Waals surface area contributed by atoms with Crippen molar-refractivity contribution in [2.45, 2.75) is 38.6 Å². The zero-order valence-electron chi connectivity index (χ0n) is 12.0. The van der Waals surface area contributed by atoms with Crippen LogP contribution in [0.25, 0.3) is 0 Å². The van der Waals surface area contributed by atoms with Crippen LogP contribution in [0.1, 0.15) is 44.4 Å². The third kappa shape index (κ3) is 3.94. The van der Waals surface area contributed by atoms with Crippen molar-refractivity contribution in [3.8, 4) is 5.75 Å². The third-order valence-electron chi connectivity index (χ3n) is 3.03. The van der Waals surface area contributed by atoms with Crippen LogP contribution in [-0.4, -0.2) is 13.0 Å². The Bertz CT molecular complexity index is 452. The Morgan fingerprint density at radius 2 is 2.05 bits per heavy atom. The summed E-state index contributed by atoms with van der Waals surface area (Å²) in [7, 11) is 1.64. The number of hydrogen-bond donors (Lipinski definition) is 3. The minimum atomic E-state index is -0.379. The molecule has 1 amide bonds. The monoisotopic (exact) mass is 265 g/mol. The van der Waals surface area contributed by atoms with Crippen molar-refractivity contribution in [1.29, 1.82) is 0 Å². The average Bonchev–Trinajstić information content (AvgIpc) is 2.36. The lowest BCUT2D eigenvalue weighted by Gasteiger charge is -2.24. The van der Waals surface area contributed by atoms with Gasteiger partial charge in [0.2, 0.25) is 5.91 Å². The topological polar surface area (TPSA) is 90.4 Å². The Balaban J connectivity index is 3.08. The van der Waals surface area contributed by atoms with Crippen molar-refractivity contribution in [3.05, 3.63) is 29.3 Å². The van der Waals surface area contributed by atoms with Gasteiger partial charge in [-0.2, -0.15) is 0 Å². The minimum Gasteiger partial charge on any atom is -0.496 e. The summed E-state index contributed by atoms with van der Waals surface area (Å²) >= 11 is 0. The van der Waals surface area contributed by atoms with E-state index in [1.807, 2.05) is 18.2 Å². The highest BCUT2D eigenvalue weighted by Crippen LogP contribution is 2.33. The molecule has 1 unspecified atom stereocenters. The Morgan fingerprint density at radius 1 is 1.42 bits per heavy atom. The molecule has 0 aliphatic rings. The molecule has 0 aromatic heterocycles. The third-order valence-corrected chi connectivity index (χ3v) is 3.03. The van der Waals surface area contributed by atoms with Gasteiger partial charge in [-0.25, -0.2) is 5.84 Å². The van der Waals surface area contributed by atoms with Crippen LogP contribution in [0.4, 0.5) is 0 Å². The zero-order valence-corrected chi connectivity index (χ0v) is 12.0. The van der Waals surface area contributed by atoms with E-state index in [4.69, 9.17) is 16.3 Å². The van der Waals surface area contributed by atoms with Crippen LogP contribution in [0.2, 0.25) is 0 Å². The van der Waals surface area contributed by atoms with Crippen molar-refractivity contribution in [2.24, 2.45) is 11.6 Å². The molecule has 0 aliphatic carbocycles. The molecule has 1 aromatic carbocycles. The lowest BCUT2D eigenvalue weighted by atomic mass is 9.84. The largest absolute Gasteiger partial charge is 0.496 e. The number of rotatable bonds is 4. The van der Waals surface area contributed by atoms with E-state index in [1.165, 1.54) is 0 Å². The van der Waals surface area contributed by atoms with Gasteiger partial charge < -0.3 is 10.5 Å². The highest BCUT2D eigenvalue weighted by molar-refractivity contribution is 5.76. The summed E-state index contributed by atoms with van der Waals surface area (Å²) in [6.07, 6.45) is 0.159. The fraction of sp³-hybridized carbons (Fsp3) is 0.500. The van der Waals surface area contributed by atoms with E-state index >= 15 is 0 Å². The Hall–Kier alpha value is -1.59. The van der Waals surface area contributed by atoms with E-state index in [1.54, 1.807) is 7.11 Å². The van der Waals surface area contributed by atoms with Crippen molar-refractivity contribution < 1.29 is 9.53 Å². The van der Waals surface area contributed by atoms with Crippen molar-refractivity contribution >= 4 is 5.91 Å². The predicted octanol–water partition coefficient (Wildman–Crippen LogP) is 1.37. The number of carbonyl (C=O) groups is 1. The second-order valence-electron chi connectivity index (χ2n) is 5.59. The van der Waals surface area contributed by atoms with E-state index in [0.717, 1.165) is 16.9 Å². The van der Waals surface area contributed by atoms with Crippen LogP contribution in [0.5, 0.6) is 5.75 Å². The number of benzene rings is 1. The van der Waals surface area contributed by atoms with E-state index in [9.17, 15) is 4.79 Å². The molecule has 1 atom stereocenters. The molecular formula is C14H23N3O2. The second kappa shape index (κ2) is 6.04. The fourth-order valence-electron chi connectivity index (χ4n) is 1.92. The van der Waals surface area contributed by atoms with E-state index in [0.29, 0.717) is 0 Å². The molecule has 5 heteroatoms. The molecule has 0 bridgehead atoms. The van der Waals surface area contributed by atoms with Gasteiger partial charge in [-0.3, -0.25) is 10.2 Å². The maximum Gasteiger partial charge on any atom is 0.235 e. The van der Waals surface area contributed by atoms with Crippen LogP contribution in [0, 0.1) is 0 Å². The highest BCUT2D eigenvalue weighted by atomic mass is 16.5. The number of carbonyl (C=O) groups excluding carboxylic acids is 1. The Kier molecular flexibility index (Phi) is 4.91. The van der Waals surface area contributed by atoms with Crippen LogP contribution in [0.15, 0.2) is 18.2 Å². The SMILES string of the molecule is COc1ccc(C(N)CC(=O)NN)cc1C(C)(C)C. The van der Waals surface area contributed by atoms with Crippen molar-refractivity contribution in [2.75, 3.05) is 7.11 Å². The van der Waals surface area contributed by atoms with Crippen LogP contribution < -0.4 is 21.7 Å². The van der Waals surface area contributed by atoms with Gasteiger partial charge in [-0.1, -0.05) is 32.9 Å². The summed E-state index contributed by atoms with van der Waals surface area (Å²) < 4.78 is 5.37. The highest BCUT2D eigenvalue weighted by Gasteiger charge is 2.21. The van der Waals surface area contributed by atoms with Crippen LogP contribution >= 0.6 is 0 Å². The first-order valence-electron chi connectivity index (χ1n) is 6.23. The van der Waals surface area contributed by atoms with E-state index in [2.05, 4.69) is 26.2 Å². The lowest BCUT2D eigenvalue weighted by molar-refractivity contribution is -0.121. The Morgan fingerprint density at radius 3 is 2.53 bits per heavy atom. The quantitative estimate of drug-likeness (QED) is 0.436. The predicted molar refractivity (Wildman–Crippen MR) is 75.6 cm³/mol. The maximum absolute atomic E-state index is 11.3. The second-order valence-corrected chi connectivity index (χ2v) is 5.59. The summed E-state index contributed by atoms with van der Waals surface area (Å²) in [5, 5.41) is 0. The Labute approximate surface area is 114 Å². The first-order valence-corrected chi connectivity index (χ1v) is 6.23. The van der Waals surface area contributed by atoms with Crippen LogP contribution in [0.3, 0.4) is 0 Å². The zero-order chi connectivity index (χ0) is 14.6. The molecule has 0 fully saturated rings. The van der Waals surface area contributed by atoms with E-state index < -0.39 is 0 Å². The summed E-state index contributed by atoms with van der Waals surface area (Å²) in [6.45, 7) is 6.31. The first kappa shape index (κ1) is 15.5. The molecule has 106 valence electrons. The molecule has 0 radical (unpaired) electrons. The van der Waals surface area contributed by atoms with Crippen molar-refractivity contribution in [1.82, 2.24) is 5.43 Å². The molecule has 0 spiro atoms. The number of ether oxygens (including phenoxy) is 1. The molecule has 0 saturated carbocycles. The van der Waals surface area contributed by atoms with Gasteiger partial charge in [-0.05, 0) is 22.6 Å². The molecule has 0 heterocycles. The normalized spacial score (nSPS) is 12.9. The summed E-state index contributed by atoms with van der Waals surface area (Å²) in [5.41, 5.74) is 10.0. The molecule has 5 nitrogen and oxygen atoms in total. The van der Waals surface area contributed by atoms with Gasteiger partial charge in [0.15, 0.2) is 0 Å². The molecule has 1 rings (SSSR count). The molecule has 1 aromatic rings. The maximum atomic E-state index is 11.3. The van der Waals surface area contributed by atoms with Crippen molar-refractivity contribution in [3.63, 3.8) is 0 Å². The standard InChI is InChI=1S/C14H23N3O2/c1-14(2,3)10-7-9(5-6-12(10)19-4)11(15)8-13(18)17-16/h5-7,11H,8,15-16H2,1-4H3,(H,17,18). The molecule has 19 heavy (non-hydrogen) atoms. The summed E-state index contributed by atoms with van der Waals surface area (Å²) in [4.78, 5) is 11.3. The molecule has 0 saturated heterocycles. The van der Waals surface area contributed by atoms with Gasteiger partial charge in [0.25, 0.3) is 0 Å². The fourth-order valence-corrected chi connectivity index (χ4v) is 1.92. The summed E-state index contributed by atoms with van der Waals surface area (Å²) in [6, 6.07) is 5.38. The lowest BCUT2D eigenvalue weighted by Crippen LogP contribution is -2.32. The van der Waals surface area contributed by atoms with E-state index in [-0.39, 0.29) is 23.8 Å². The van der Waals surface area contributed by atoms with Gasteiger partial charge in [0, 0.05) is 12.5 Å². The molecular weight excluding hydrogens is 242 g/mol. The number of nitrogens with two attached hydrogens (primary N) is 2. The molecule has 0 aliphatic heterocycles. The molecule has 5 N–H and O–H groups in total. The number of methoxy groups -OCH3 is 1. The number of nitrogens with one attached hydrogen (secondary N) is 1. The van der Waals surface area contributed by atoms with Crippen LogP contribution in [-0.2, 0) is 10.2 Å². The van der Waals surface area contributed by atoms with Gasteiger partial charge in [0.1, 0.15) is 5.75 Å². The minimum absolute atomic E-state index is 0.0583. The number of hydrazine groups is 1. The summed E-state index contributed by atoms with van der Waals surface area (Å²) in [5.74, 6) is 5.62.